The Bertz CT molecular complexity index is 344. The molecule has 1 aromatic carbocycles. The Morgan fingerprint density at radius 3 is 2.75 bits per heavy atom. The summed E-state index contributed by atoms with van der Waals surface area (Å²) in [6, 6.07) is 10.1. The van der Waals surface area contributed by atoms with Gasteiger partial charge in [0.15, 0.2) is 0 Å². The third kappa shape index (κ3) is 2.25. The van der Waals surface area contributed by atoms with Crippen molar-refractivity contribution in [3.63, 3.8) is 0 Å². The molecule has 1 N–H and O–H groups in total. The summed E-state index contributed by atoms with van der Waals surface area (Å²) in [5.74, 6) is -0.320. The van der Waals surface area contributed by atoms with Crippen LogP contribution in [0.2, 0.25) is 0 Å². The Morgan fingerprint density at radius 2 is 2.19 bits per heavy atom. The smallest absolute Gasteiger partial charge is 0.314 e. The molecular formula is C13H17NO2. The number of esters is 1. The molecule has 0 aromatic heterocycles. The van der Waals surface area contributed by atoms with Gasteiger partial charge in [0.25, 0.3) is 0 Å². The highest BCUT2D eigenvalue weighted by molar-refractivity contribution is 5.79. The zero-order chi connectivity index (χ0) is 11.4. The fraction of sp³-hybridized carbons (Fsp3) is 0.462. The molecule has 0 unspecified atom stereocenters. The summed E-state index contributed by atoms with van der Waals surface area (Å²) in [6.07, 6.45) is 2.17. The van der Waals surface area contributed by atoms with Gasteiger partial charge in [-0.25, -0.2) is 0 Å². The fourth-order valence-corrected chi connectivity index (χ4v) is 2.32. The molecular weight excluding hydrogens is 202 g/mol. The van der Waals surface area contributed by atoms with Crippen LogP contribution in [0.1, 0.15) is 24.3 Å². The summed E-state index contributed by atoms with van der Waals surface area (Å²) in [6.45, 7) is 0.991. The topological polar surface area (TPSA) is 38.3 Å². The fourth-order valence-electron chi connectivity index (χ4n) is 2.32. The Balaban J connectivity index is 2.24. The highest BCUT2D eigenvalue weighted by atomic mass is 16.5. The first-order chi connectivity index (χ1) is 7.83. The summed E-state index contributed by atoms with van der Waals surface area (Å²) >= 11 is 0. The molecule has 0 radical (unpaired) electrons. The van der Waals surface area contributed by atoms with Gasteiger partial charge in [-0.05, 0) is 24.9 Å². The molecule has 0 spiro atoms. The highest BCUT2D eigenvalue weighted by Gasteiger charge is 2.32. The van der Waals surface area contributed by atoms with Gasteiger partial charge in [-0.2, -0.15) is 0 Å². The maximum absolute atomic E-state index is 11.8. The van der Waals surface area contributed by atoms with Crippen molar-refractivity contribution >= 4 is 5.97 Å². The minimum atomic E-state index is -0.173. The van der Waals surface area contributed by atoms with Crippen LogP contribution in [0, 0.1) is 0 Å². The Hall–Kier alpha value is -1.35. The van der Waals surface area contributed by atoms with E-state index in [0.29, 0.717) is 0 Å². The molecule has 86 valence electrons. The van der Waals surface area contributed by atoms with Crippen LogP contribution in [0.4, 0.5) is 0 Å². The molecule has 3 heteroatoms. The van der Waals surface area contributed by atoms with Crippen LogP contribution in [0.15, 0.2) is 30.3 Å². The molecule has 1 aromatic rings. The van der Waals surface area contributed by atoms with Crippen molar-refractivity contribution in [2.75, 3.05) is 13.7 Å². The number of methoxy groups -OCH3 is 1. The number of hydrogen-bond donors (Lipinski definition) is 1. The number of hydrogen-bond acceptors (Lipinski definition) is 3. The van der Waals surface area contributed by atoms with Crippen LogP contribution >= 0.6 is 0 Å². The molecule has 1 heterocycles. The van der Waals surface area contributed by atoms with E-state index in [4.69, 9.17) is 4.74 Å². The van der Waals surface area contributed by atoms with Crippen molar-refractivity contribution in [3.8, 4) is 0 Å². The molecule has 1 fully saturated rings. The maximum Gasteiger partial charge on any atom is 0.314 e. The first-order valence-corrected chi connectivity index (χ1v) is 5.69. The van der Waals surface area contributed by atoms with Gasteiger partial charge < -0.3 is 10.1 Å². The Morgan fingerprint density at radius 1 is 1.44 bits per heavy atom. The van der Waals surface area contributed by atoms with Gasteiger partial charge in [0.1, 0.15) is 0 Å². The molecule has 1 saturated heterocycles. The standard InChI is InChI=1S/C13H17NO2/c1-16-13(15)12(11-8-5-9-14-11)10-6-3-2-4-7-10/h2-4,6-7,11-12,14H,5,8-9H2,1H3/t11-,12+/m0/s1. The van der Waals surface area contributed by atoms with E-state index in [2.05, 4.69) is 5.32 Å². The molecule has 0 amide bonds. The van der Waals surface area contributed by atoms with E-state index in [1.54, 1.807) is 0 Å². The largest absolute Gasteiger partial charge is 0.469 e. The van der Waals surface area contributed by atoms with Crippen LogP contribution < -0.4 is 5.32 Å². The van der Waals surface area contributed by atoms with Gasteiger partial charge in [-0.3, -0.25) is 4.79 Å². The van der Waals surface area contributed by atoms with Crippen molar-refractivity contribution in [3.05, 3.63) is 35.9 Å². The maximum atomic E-state index is 11.8. The van der Waals surface area contributed by atoms with Crippen molar-refractivity contribution in [1.29, 1.82) is 0 Å². The summed E-state index contributed by atoms with van der Waals surface area (Å²) in [5.41, 5.74) is 1.04. The molecule has 3 nitrogen and oxygen atoms in total. The van der Waals surface area contributed by atoms with E-state index in [1.165, 1.54) is 7.11 Å². The number of rotatable bonds is 3. The predicted octanol–water partition coefficient (Wildman–Crippen LogP) is 1.70. The van der Waals surface area contributed by atoms with Gasteiger partial charge in [-0.1, -0.05) is 30.3 Å². The van der Waals surface area contributed by atoms with Gasteiger partial charge in [0.05, 0.1) is 13.0 Å². The lowest BCUT2D eigenvalue weighted by atomic mass is 9.90. The van der Waals surface area contributed by atoms with Crippen molar-refractivity contribution < 1.29 is 9.53 Å². The zero-order valence-electron chi connectivity index (χ0n) is 9.48. The summed E-state index contributed by atoms with van der Waals surface area (Å²) < 4.78 is 4.90. The zero-order valence-corrected chi connectivity index (χ0v) is 9.48. The van der Waals surface area contributed by atoms with Crippen LogP contribution in [0.25, 0.3) is 0 Å². The lowest BCUT2D eigenvalue weighted by molar-refractivity contribution is -0.143. The number of benzene rings is 1. The summed E-state index contributed by atoms with van der Waals surface area (Å²) in [4.78, 5) is 11.8. The second-order valence-electron chi connectivity index (χ2n) is 4.11. The van der Waals surface area contributed by atoms with E-state index in [9.17, 15) is 4.79 Å². The Kier molecular flexibility index (Phi) is 3.57. The lowest BCUT2D eigenvalue weighted by Crippen LogP contribution is -2.34. The van der Waals surface area contributed by atoms with E-state index >= 15 is 0 Å². The highest BCUT2D eigenvalue weighted by Crippen LogP contribution is 2.26. The monoisotopic (exact) mass is 219 g/mol. The summed E-state index contributed by atoms with van der Waals surface area (Å²) in [7, 11) is 1.45. The van der Waals surface area contributed by atoms with Gasteiger partial charge >= 0.3 is 5.97 Å². The van der Waals surface area contributed by atoms with Crippen LogP contribution in [0.5, 0.6) is 0 Å². The van der Waals surface area contributed by atoms with Gasteiger partial charge in [0, 0.05) is 6.04 Å². The average Bonchev–Trinajstić information content (AvgIpc) is 2.84. The van der Waals surface area contributed by atoms with Crippen molar-refractivity contribution in [1.82, 2.24) is 5.32 Å². The Labute approximate surface area is 95.8 Å². The number of carbonyl (C=O) groups excluding carboxylic acids is 1. The van der Waals surface area contributed by atoms with E-state index in [1.807, 2.05) is 30.3 Å². The number of nitrogens with one attached hydrogen (secondary N) is 1. The third-order valence-corrected chi connectivity index (χ3v) is 3.11. The second-order valence-corrected chi connectivity index (χ2v) is 4.11. The molecule has 0 bridgehead atoms. The lowest BCUT2D eigenvalue weighted by Gasteiger charge is -2.21. The minimum Gasteiger partial charge on any atom is -0.469 e. The number of ether oxygens (including phenoxy) is 1. The van der Waals surface area contributed by atoms with Crippen molar-refractivity contribution in [2.45, 2.75) is 24.8 Å². The molecule has 0 saturated carbocycles. The van der Waals surface area contributed by atoms with Crippen LogP contribution in [-0.4, -0.2) is 25.7 Å². The van der Waals surface area contributed by atoms with Crippen LogP contribution in [-0.2, 0) is 9.53 Å². The molecule has 2 rings (SSSR count). The minimum absolute atomic E-state index is 0.148. The SMILES string of the molecule is COC(=O)[C@H](c1ccccc1)[C@@H]1CCCN1. The van der Waals surface area contributed by atoms with E-state index in [0.717, 1.165) is 24.9 Å². The molecule has 1 aliphatic heterocycles. The van der Waals surface area contributed by atoms with Crippen LogP contribution in [0.3, 0.4) is 0 Å². The van der Waals surface area contributed by atoms with Crippen molar-refractivity contribution in [2.24, 2.45) is 0 Å². The van der Waals surface area contributed by atoms with Gasteiger partial charge in [-0.15, -0.1) is 0 Å². The molecule has 1 aliphatic rings. The number of carbonyl (C=O) groups is 1. The molecule has 16 heavy (non-hydrogen) atoms. The van der Waals surface area contributed by atoms with E-state index < -0.39 is 0 Å². The first-order valence-electron chi connectivity index (χ1n) is 5.69. The molecule has 2 atom stereocenters. The average molecular weight is 219 g/mol. The second kappa shape index (κ2) is 5.12. The third-order valence-electron chi connectivity index (χ3n) is 3.11. The quantitative estimate of drug-likeness (QED) is 0.786. The normalized spacial score (nSPS) is 21.7. The van der Waals surface area contributed by atoms with Gasteiger partial charge in [0.2, 0.25) is 0 Å². The molecule has 0 aliphatic carbocycles. The van der Waals surface area contributed by atoms with E-state index in [-0.39, 0.29) is 17.9 Å². The first kappa shape index (κ1) is 11.1. The predicted molar refractivity (Wildman–Crippen MR) is 62.2 cm³/mol. The summed E-state index contributed by atoms with van der Waals surface area (Å²) in [5, 5.41) is 3.37.